The zero-order chi connectivity index (χ0) is 20.5. The van der Waals surface area contributed by atoms with Crippen LogP contribution in [-0.4, -0.2) is 18.3 Å². The highest BCUT2D eigenvalue weighted by atomic mass is 15.2. The normalized spacial score (nSPS) is 16.2. The van der Waals surface area contributed by atoms with E-state index in [9.17, 15) is 0 Å². The highest BCUT2D eigenvalue weighted by Gasteiger charge is 2.30. The predicted molar refractivity (Wildman–Crippen MR) is 124 cm³/mol. The fraction of sp³-hybridized carbons (Fsp3) is 0.423. The van der Waals surface area contributed by atoms with Crippen LogP contribution in [-0.2, 0) is 5.41 Å². The van der Waals surface area contributed by atoms with Gasteiger partial charge in [-0.2, -0.15) is 0 Å². The van der Waals surface area contributed by atoms with Gasteiger partial charge in [0.2, 0.25) is 0 Å². The molecule has 2 aromatic rings. The zero-order valence-electron chi connectivity index (χ0n) is 18.5. The van der Waals surface area contributed by atoms with Crippen molar-refractivity contribution in [2.45, 2.75) is 65.8 Å². The van der Waals surface area contributed by atoms with Crippen molar-refractivity contribution in [2.75, 3.05) is 11.4 Å². The van der Waals surface area contributed by atoms with Gasteiger partial charge in [0.05, 0.1) is 11.2 Å². The lowest BCUT2D eigenvalue weighted by Crippen LogP contribution is -2.45. The first-order chi connectivity index (χ1) is 13.1. The van der Waals surface area contributed by atoms with E-state index in [1.807, 2.05) is 6.21 Å². The van der Waals surface area contributed by atoms with Crippen molar-refractivity contribution in [1.29, 1.82) is 0 Å². The number of benzene rings is 2. The van der Waals surface area contributed by atoms with Gasteiger partial charge in [0.15, 0.2) is 0 Å². The Hall–Kier alpha value is -2.35. The number of aliphatic imine (C=N–C) groups is 1. The topological polar surface area (TPSA) is 15.6 Å². The maximum atomic E-state index is 4.70. The second-order valence-electron chi connectivity index (χ2n) is 9.46. The van der Waals surface area contributed by atoms with Crippen molar-refractivity contribution in [3.63, 3.8) is 0 Å². The zero-order valence-corrected chi connectivity index (χ0v) is 18.5. The average molecular weight is 375 g/mol. The van der Waals surface area contributed by atoms with E-state index in [2.05, 4.69) is 102 Å². The van der Waals surface area contributed by atoms with Crippen molar-refractivity contribution >= 4 is 23.2 Å². The molecule has 0 radical (unpaired) electrons. The van der Waals surface area contributed by atoms with Crippen LogP contribution in [0.15, 0.2) is 53.5 Å². The smallest absolute Gasteiger partial charge is 0.0630 e. The second-order valence-corrected chi connectivity index (χ2v) is 9.46. The molecule has 0 amide bonds. The van der Waals surface area contributed by atoms with Gasteiger partial charge < -0.3 is 4.90 Å². The number of rotatable bonds is 4. The molecule has 0 bridgehead atoms. The van der Waals surface area contributed by atoms with Gasteiger partial charge in [0.25, 0.3) is 0 Å². The van der Waals surface area contributed by atoms with Gasteiger partial charge in [-0.15, -0.1) is 0 Å². The molecule has 0 spiro atoms. The van der Waals surface area contributed by atoms with Crippen LogP contribution >= 0.6 is 0 Å². The van der Waals surface area contributed by atoms with Gasteiger partial charge in [0.1, 0.15) is 0 Å². The number of fused-ring (bicyclic) bond motifs is 1. The summed E-state index contributed by atoms with van der Waals surface area (Å²) in [6, 6.07) is 15.3. The Morgan fingerprint density at radius 2 is 1.71 bits per heavy atom. The van der Waals surface area contributed by atoms with Gasteiger partial charge in [-0.3, -0.25) is 4.99 Å². The highest BCUT2D eigenvalue weighted by Crippen LogP contribution is 2.39. The van der Waals surface area contributed by atoms with Gasteiger partial charge in [-0.05, 0) is 73.6 Å². The Labute approximate surface area is 171 Å². The average Bonchev–Trinajstić information content (AvgIpc) is 2.62. The Kier molecular flexibility index (Phi) is 5.52. The first-order valence-electron chi connectivity index (χ1n) is 10.4. The van der Waals surface area contributed by atoms with Gasteiger partial charge in [-0.1, -0.05) is 52.0 Å². The molecule has 0 saturated carbocycles. The minimum Gasteiger partial charge on any atom is -0.362 e. The second kappa shape index (κ2) is 7.58. The SMILES string of the molecule is CCCN1c2ccc(C=Nc3ccc(C(C)(C)C)cc3)cc2C(C)=CC1(C)C. The fourth-order valence-electron chi connectivity index (χ4n) is 4.01. The summed E-state index contributed by atoms with van der Waals surface area (Å²) in [7, 11) is 0. The van der Waals surface area contributed by atoms with Crippen LogP contribution in [0.5, 0.6) is 0 Å². The van der Waals surface area contributed by atoms with E-state index >= 15 is 0 Å². The van der Waals surface area contributed by atoms with Gasteiger partial charge in [0, 0.05) is 24.0 Å². The summed E-state index contributed by atoms with van der Waals surface area (Å²) in [5, 5.41) is 0. The lowest BCUT2D eigenvalue weighted by atomic mass is 9.87. The van der Waals surface area contributed by atoms with Gasteiger partial charge >= 0.3 is 0 Å². The fourth-order valence-corrected chi connectivity index (χ4v) is 4.01. The molecule has 2 aromatic carbocycles. The van der Waals surface area contributed by atoms with Crippen LogP contribution in [0.25, 0.3) is 5.57 Å². The highest BCUT2D eigenvalue weighted by molar-refractivity contribution is 5.88. The Morgan fingerprint density at radius 3 is 2.32 bits per heavy atom. The minimum absolute atomic E-state index is 0.0531. The maximum absolute atomic E-state index is 4.70. The third kappa shape index (κ3) is 4.22. The molecule has 2 nitrogen and oxygen atoms in total. The minimum atomic E-state index is 0.0531. The molecule has 1 aliphatic heterocycles. The third-order valence-corrected chi connectivity index (χ3v) is 5.54. The first kappa shape index (κ1) is 20.4. The first-order valence-corrected chi connectivity index (χ1v) is 10.4. The Bertz CT molecular complexity index is 893. The van der Waals surface area contributed by atoms with Gasteiger partial charge in [-0.25, -0.2) is 0 Å². The molecule has 148 valence electrons. The molecule has 0 aliphatic carbocycles. The Balaban J connectivity index is 1.88. The number of anilines is 1. The molecule has 0 atom stereocenters. The standard InChI is InChI=1S/C26H34N2/c1-8-15-28-24-14-9-20(16-23(24)19(2)17-26(28,6)7)18-27-22-12-10-21(11-13-22)25(3,4)5/h9-14,16-18H,8,15H2,1-7H3. The molecule has 0 aromatic heterocycles. The Morgan fingerprint density at radius 1 is 1.04 bits per heavy atom. The summed E-state index contributed by atoms with van der Waals surface area (Å²) in [6.45, 7) is 16.8. The number of nitrogens with zero attached hydrogens (tertiary/aromatic N) is 2. The molecule has 3 rings (SSSR count). The van der Waals surface area contributed by atoms with E-state index in [0.29, 0.717) is 0 Å². The van der Waals surface area contributed by atoms with E-state index in [4.69, 9.17) is 4.99 Å². The lowest BCUT2D eigenvalue weighted by molar-refractivity contribution is 0.550. The van der Waals surface area contributed by atoms with Crippen LogP contribution in [0.4, 0.5) is 11.4 Å². The molecule has 0 saturated heterocycles. The summed E-state index contributed by atoms with van der Waals surface area (Å²) < 4.78 is 0. The summed E-state index contributed by atoms with van der Waals surface area (Å²) >= 11 is 0. The number of hydrogen-bond acceptors (Lipinski definition) is 2. The molecular formula is C26H34N2. The molecule has 0 N–H and O–H groups in total. The van der Waals surface area contributed by atoms with Crippen LogP contribution in [0.1, 0.15) is 71.6 Å². The van der Waals surface area contributed by atoms with E-state index in [1.165, 1.54) is 22.4 Å². The lowest BCUT2D eigenvalue weighted by Gasteiger charge is -2.43. The van der Waals surface area contributed by atoms with Crippen LogP contribution in [0.2, 0.25) is 0 Å². The van der Waals surface area contributed by atoms with Crippen molar-refractivity contribution in [2.24, 2.45) is 4.99 Å². The quantitative estimate of drug-likeness (QED) is 0.519. The van der Waals surface area contributed by atoms with Crippen LogP contribution in [0, 0.1) is 0 Å². The maximum Gasteiger partial charge on any atom is 0.0630 e. The largest absolute Gasteiger partial charge is 0.362 e. The summed E-state index contributed by atoms with van der Waals surface area (Å²) in [5.74, 6) is 0. The molecule has 0 unspecified atom stereocenters. The van der Waals surface area contributed by atoms with Crippen molar-refractivity contribution in [3.05, 3.63) is 65.2 Å². The molecule has 1 aliphatic rings. The summed E-state index contributed by atoms with van der Waals surface area (Å²) in [5.41, 5.74) is 7.68. The molecule has 0 fully saturated rings. The number of allylic oxidation sites excluding steroid dienone is 1. The van der Waals surface area contributed by atoms with Crippen LogP contribution < -0.4 is 4.90 Å². The van der Waals surface area contributed by atoms with E-state index in [0.717, 1.165) is 24.2 Å². The van der Waals surface area contributed by atoms with Crippen molar-refractivity contribution < 1.29 is 0 Å². The third-order valence-electron chi connectivity index (χ3n) is 5.54. The summed E-state index contributed by atoms with van der Waals surface area (Å²) in [6.07, 6.45) is 5.50. The van der Waals surface area contributed by atoms with E-state index < -0.39 is 0 Å². The monoisotopic (exact) mass is 374 g/mol. The van der Waals surface area contributed by atoms with Crippen molar-refractivity contribution in [3.8, 4) is 0 Å². The number of hydrogen-bond donors (Lipinski definition) is 0. The van der Waals surface area contributed by atoms with E-state index in [-0.39, 0.29) is 11.0 Å². The molecule has 28 heavy (non-hydrogen) atoms. The van der Waals surface area contributed by atoms with E-state index in [1.54, 1.807) is 0 Å². The van der Waals surface area contributed by atoms with Crippen molar-refractivity contribution in [1.82, 2.24) is 0 Å². The van der Waals surface area contributed by atoms with Crippen LogP contribution in [0.3, 0.4) is 0 Å². The predicted octanol–water partition coefficient (Wildman–Crippen LogP) is 7.15. The summed E-state index contributed by atoms with van der Waals surface area (Å²) in [4.78, 5) is 7.21. The molecular weight excluding hydrogens is 340 g/mol. The molecule has 1 heterocycles. The molecule has 2 heteroatoms.